The number of nitrogens with zero attached hydrogens (tertiary/aromatic N) is 1. The zero-order valence-electron chi connectivity index (χ0n) is 9.98. The maximum absolute atomic E-state index is 11.8. The van der Waals surface area contributed by atoms with Gasteiger partial charge in [0.25, 0.3) is 0 Å². The maximum atomic E-state index is 11.8. The van der Waals surface area contributed by atoms with Crippen LogP contribution in [0.25, 0.3) is 0 Å². The smallest absolute Gasteiger partial charge is 0.222 e. The highest BCUT2D eigenvalue weighted by atomic mass is 16.2. The van der Waals surface area contributed by atoms with Crippen LogP contribution in [0.3, 0.4) is 0 Å². The van der Waals surface area contributed by atoms with Crippen LogP contribution in [0.4, 0.5) is 0 Å². The first-order valence-corrected chi connectivity index (χ1v) is 5.89. The average molecular weight is 218 g/mol. The molecule has 2 nitrogen and oxygen atoms in total. The van der Waals surface area contributed by atoms with E-state index in [9.17, 15) is 4.79 Å². The standard InChI is InChI=1S/C14H20NO/c1-3-5-11-14(16)15(4-2)12-13-9-7-6-8-10-13/h6-10H,2-5,11-12H2,1H3. The third-order valence-electron chi connectivity index (χ3n) is 2.58. The van der Waals surface area contributed by atoms with Gasteiger partial charge in [0.15, 0.2) is 0 Å². The Hall–Kier alpha value is -1.31. The number of unbranched alkanes of at least 4 members (excludes halogenated alkanes) is 1. The zero-order chi connectivity index (χ0) is 11.8. The molecule has 0 atom stereocenters. The summed E-state index contributed by atoms with van der Waals surface area (Å²) in [6, 6.07) is 10.0. The molecule has 0 unspecified atom stereocenters. The molecule has 0 aliphatic carbocycles. The molecule has 0 aromatic heterocycles. The van der Waals surface area contributed by atoms with E-state index < -0.39 is 0 Å². The first-order valence-electron chi connectivity index (χ1n) is 5.89. The second-order valence-electron chi connectivity index (χ2n) is 3.90. The molecule has 0 aliphatic heterocycles. The van der Waals surface area contributed by atoms with Crippen molar-refractivity contribution in [2.45, 2.75) is 32.7 Å². The minimum absolute atomic E-state index is 0.209. The summed E-state index contributed by atoms with van der Waals surface area (Å²) in [7, 11) is 0. The van der Waals surface area contributed by atoms with Crippen molar-refractivity contribution in [1.82, 2.24) is 4.90 Å². The lowest BCUT2D eigenvalue weighted by Crippen LogP contribution is -2.30. The summed E-state index contributed by atoms with van der Waals surface area (Å²) in [5.74, 6) is 0.209. The molecule has 0 saturated carbocycles. The summed E-state index contributed by atoms with van der Waals surface area (Å²) in [4.78, 5) is 13.6. The molecule has 16 heavy (non-hydrogen) atoms. The van der Waals surface area contributed by atoms with Crippen LogP contribution in [0, 0.1) is 6.92 Å². The molecule has 1 rings (SSSR count). The summed E-state index contributed by atoms with van der Waals surface area (Å²) in [6.07, 6.45) is 2.66. The van der Waals surface area contributed by atoms with Gasteiger partial charge in [-0.1, -0.05) is 43.7 Å². The fraction of sp³-hybridized carbons (Fsp3) is 0.429. The number of carbonyl (C=O) groups excluding carboxylic acids is 1. The van der Waals surface area contributed by atoms with Gasteiger partial charge in [-0.15, -0.1) is 0 Å². The van der Waals surface area contributed by atoms with Crippen LogP contribution in [0.5, 0.6) is 0 Å². The van der Waals surface area contributed by atoms with Gasteiger partial charge in [-0.2, -0.15) is 0 Å². The van der Waals surface area contributed by atoms with Crippen molar-refractivity contribution in [3.8, 4) is 0 Å². The van der Waals surface area contributed by atoms with E-state index in [4.69, 9.17) is 0 Å². The molecule has 1 aromatic rings. The van der Waals surface area contributed by atoms with Gasteiger partial charge in [-0.25, -0.2) is 0 Å². The van der Waals surface area contributed by atoms with E-state index in [1.54, 1.807) is 0 Å². The van der Waals surface area contributed by atoms with Crippen LogP contribution >= 0.6 is 0 Å². The molecule has 1 aromatic carbocycles. The Balaban J connectivity index is 2.52. The monoisotopic (exact) mass is 218 g/mol. The highest BCUT2D eigenvalue weighted by molar-refractivity contribution is 5.76. The highest BCUT2D eigenvalue weighted by Gasteiger charge is 2.10. The third-order valence-corrected chi connectivity index (χ3v) is 2.58. The molecule has 1 radical (unpaired) electrons. The highest BCUT2D eigenvalue weighted by Crippen LogP contribution is 2.07. The van der Waals surface area contributed by atoms with Gasteiger partial charge in [-0.3, -0.25) is 4.79 Å². The van der Waals surface area contributed by atoms with Crippen molar-refractivity contribution in [3.63, 3.8) is 0 Å². The number of hydrogen-bond acceptors (Lipinski definition) is 1. The zero-order valence-corrected chi connectivity index (χ0v) is 9.98. The molecular weight excluding hydrogens is 198 g/mol. The minimum atomic E-state index is 0.209. The van der Waals surface area contributed by atoms with Gasteiger partial charge in [0.05, 0.1) is 0 Å². The second kappa shape index (κ2) is 7.04. The Labute approximate surface area is 98.3 Å². The molecule has 0 bridgehead atoms. The average Bonchev–Trinajstić information content (AvgIpc) is 2.34. The quantitative estimate of drug-likeness (QED) is 0.718. The lowest BCUT2D eigenvalue weighted by Gasteiger charge is -2.20. The first kappa shape index (κ1) is 12.8. The van der Waals surface area contributed by atoms with Gasteiger partial charge >= 0.3 is 0 Å². The van der Waals surface area contributed by atoms with Gasteiger partial charge in [0.1, 0.15) is 0 Å². The summed E-state index contributed by atoms with van der Waals surface area (Å²) in [5, 5.41) is 0. The number of benzene rings is 1. The predicted molar refractivity (Wildman–Crippen MR) is 66.7 cm³/mol. The fourth-order valence-electron chi connectivity index (χ4n) is 1.58. The van der Waals surface area contributed by atoms with Crippen molar-refractivity contribution in [1.29, 1.82) is 0 Å². The van der Waals surface area contributed by atoms with Gasteiger partial charge in [0.2, 0.25) is 5.91 Å². The summed E-state index contributed by atoms with van der Waals surface area (Å²) >= 11 is 0. The Bertz CT molecular complexity index is 308. The molecule has 0 heterocycles. The van der Waals surface area contributed by atoms with E-state index in [1.165, 1.54) is 0 Å². The number of amides is 1. The Kier molecular flexibility index (Phi) is 5.62. The maximum Gasteiger partial charge on any atom is 0.222 e. The summed E-state index contributed by atoms with van der Waals surface area (Å²) in [6.45, 7) is 7.13. The molecule has 0 spiro atoms. The van der Waals surface area contributed by atoms with E-state index in [0.29, 0.717) is 19.5 Å². The first-order chi connectivity index (χ1) is 7.77. The molecule has 0 N–H and O–H groups in total. The molecular formula is C14H20NO. The van der Waals surface area contributed by atoms with Crippen LogP contribution in [0.15, 0.2) is 30.3 Å². The van der Waals surface area contributed by atoms with E-state index in [-0.39, 0.29) is 5.91 Å². The van der Waals surface area contributed by atoms with E-state index in [2.05, 4.69) is 13.8 Å². The molecule has 0 fully saturated rings. The number of hydrogen-bond donors (Lipinski definition) is 0. The van der Waals surface area contributed by atoms with Crippen LogP contribution in [0.2, 0.25) is 0 Å². The Morgan fingerprint density at radius 3 is 2.56 bits per heavy atom. The van der Waals surface area contributed by atoms with Crippen molar-refractivity contribution in [2.75, 3.05) is 6.54 Å². The lowest BCUT2D eigenvalue weighted by molar-refractivity contribution is -0.131. The number of carbonyl (C=O) groups is 1. The molecule has 2 heteroatoms. The predicted octanol–water partition coefficient (Wildman–Crippen LogP) is 3.04. The Morgan fingerprint density at radius 2 is 2.00 bits per heavy atom. The summed E-state index contributed by atoms with van der Waals surface area (Å²) in [5.41, 5.74) is 1.16. The van der Waals surface area contributed by atoms with Crippen LogP contribution in [-0.2, 0) is 11.3 Å². The third kappa shape index (κ3) is 4.05. The van der Waals surface area contributed by atoms with Crippen molar-refractivity contribution < 1.29 is 4.79 Å². The SMILES string of the molecule is [CH2]CN(Cc1ccccc1)C(=O)CCCC. The van der Waals surface area contributed by atoms with Gasteiger partial charge in [0, 0.05) is 19.5 Å². The van der Waals surface area contributed by atoms with E-state index in [0.717, 1.165) is 18.4 Å². The van der Waals surface area contributed by atoms with Crippen molar-refractivity contribution in [3.05, 3.63) is 42.8 Å². The number of rotatable bonds is 6. The molecule has 87 valence electrons. The molecule has 1 amide bonds. The normalized spacial score (nSPS) is 10.1. The van der Waals surface area contributed by atoms with Gasteiger partial charge in [-0.05, 0) is 18.9 Å². The van der Waals surface area contributed by atoms with Crippen LogP contribution in [-0.4, -0.2) is 17.4 Å². The second-order valence-corrected chi connectivity index (χ2v) is 3.90. The van der Waals surface area contributed by atoms with Gasteiger partial charge < -0.3 is 4.90 Å². The minimum Gasteiger partial charge on any atom is -0.338 e. The van der Waals surface area contributed by atoms with Crippen LogP contribution < -0.4 is 0 Å². The van der Waals surface area contributed by atoms with Crippen molar-refractivity contribution >= 4 is 5.91 Å². The van der Waals surface area contributed by atoms with E-state index >= 15 is 0 Å². The summed E-state index contributed by atoms with van der Waals surface area (Å²) < 4.78 is 0. The van der Waals surface area contributed by atoms with Crippen molar-refractivity contribution in [2.24, 2.45) is 0 Å². The Morgan fingerprint density at radius 1 is 1.31 bits per heavy atom. The molecule has 0 saturated heterocycles. The largest absolute Gasteiger partial charge is 0.338 e. The topological polar surface area (TPSA) is 20.3 Å². The van der Waals surface area contributed by atoms with E-state index in [1.807, 2.05) is 35.2 Å². The molecule has 0 aliphatic rings. The lowest BCUT2D eigenvalue weighted by atomic mass is 10.2. The van der Waals surface area contributed by atoms with Crippen LogP contribution in [0.1, 0.15) is 31.7 Å². The fourth-order valence-corrected chi connectivity index (χ4v) is 1.58.